The number of hydrogen-bond acceptors (Lipinski definition) is 4. The lowest BCUT2D eigenvalue weighted by atomic mass is 9.80. The summed E-state index contributed by atoms with van der Waals surface area (Å²) >= 11 is 0. The molecule has 0 amide bonds. The Hall–Kier alpha value is -2.18. The molecule has 128 valence electrons. The molecule has 1 saturated heterocycles. The van der Waals surface area contributed by atoms with Gasteiger partial charge in [-0.1, -0.05) is 0 Å². The van der Waals surface area contributed by atoms with Gasteiger partial charge in [-0.3, -0.25) is 4.98 Å². The van der Waals surface area contributed by atoms with Gasteiger partial charge in [-0.15, -0.1) is 0 Å². The average Bonchev–Trinajstić information content (AvgIpc) is 3.05. The van der Waals surface area contributed by atoms with Crippen LogP contribution in [0.3, 0.4) is 0 Å². The van der Waals surface area contributed by atoms with Crippen molar-refractivity contribution in [2.24, 2.45) is 0 Å². The minimum absolute atomic E-state index is 0.357. The van der Waals surface area contributed by atoms with Crippen molar-refractivity contribution >= 4 is 23.6 Å². The predicted octanol–water partition coefficient (Wildman–Crippen LogP) is 3.23. The van der Waals surface area contributed by atoms with Crippen molar-refractivity contribution in [1.29, 1.82) is 0 Å². The van der Waals surface area contributed by atoms with Crippen LogP contribution in [0.2, 0.25) is 0 Å². The molecule has 3 aromatic heterocycles. The summed E-state index contributed by atoms with van der Waals surface area (Å²) in [5, 5.41) is 1.04. The highest BCUT2D eigenvalue weighted by Crippen LogP contribution is 2.36. The molecule has 0 unspecified atom stereocenters. The maximum atomic E-state index is 6.13. The second-order valence-corrected chi connectivity index (χ2v) is 7.67. The molecule has 1 aliphatic heterocycles. The minimum Gasteiger partial charge on any atom is -0.399 e. The molecule has 0 aliphatic carbocycles. The average molecular weight is 335 g/mol. The Kier molecular flexibility index (Phi) is 3.53. The number of nitrogens with one attached hydrogen (secondary N) is 1. The predicted molar refractivity (Wildman–Crippen MR) is 99.8 cm³/mol. The van der Waals surface area contributed by atoms with Crippen molar-refractivity contribution in [3.8, 4) is 11.3 Å². The van der Waals surface area contributed by atoms with Crippen LogP contribution in [0.1, 0.15) is 33.3 Å². The fraction of sp³-hybridized carbons (Fsp3) is 0.368. The SMILES string of the molecule is Cc1cnccc1-c1cc2cc(B3OC(C)(C)C(C)(C)O3)cnc2[nH]1. The Morgan fingerprint density at radius 2 is 1.76 bits per heavy atom. The molecule has 0 saturated carbocycles. The zero-order chi connectivity index (χ0) is 17.8. The molecule has 0 radical (unpaired) electrons. The topological polar surface area (TPSA) is 60.0 Å². The Morgan fingerprint density at radius 3 is 2.44 bits per heavy atom. The van der Waals surface area contributed by atoms with E-state index in [4.69, 9.17) is 9.31 Å². The molecule has 4 rings (SSSR count). The van der Waals surface area contributed by atoms with Crippen LogP contribution in [0.5, 0.6) is 0 Å². The number of aromatic nitrogens is 3. The summed E-state index contributed by atoms with van der Waals surface area (Å²) < 4.78 is 12.3. The minimum atomic E-state index is -0.400. The molecule has 1 N–H and O–H groups in total. The highest BCUT2D eigenvalue weighted by molar-refractivity contribution is 6.62. The molecular weight excluding hydrogens is 313 g/mol. The first-order valence-electron chi connectivity index (χ1n) is 8.52. The summed E-state index contributed by atoms with van der Waals surface area (Å²) in [4.78, 5) is 12.1. The molecule has 3 aromatic rings. The van der Waals surface area contributed by atoms with Gasteiger partial charge < -0.3 is 14.3 Å². The molecule has 6 heteroatoms. The summed E-state index contributed by atoms with van der Waals surface area (Å²) in [7, 11) is -0.400. The smallest absolute Gasteiger partial charge is 0.399 e. The van der Waals surface area contributed by atoms with Gasteiger partial charge in [0.05, 0.1) is 11.2 Å². The van der Waals surface area contributed by atoms with Gasteiger partial charge in [0.15, 0.2) is 0 Å². The summed E-state index contributed by atoms with van der Waals surface area (Å²) in [6, 6.07) is 6.20. The Bertz CT molecular complexity index is 933. The maximum absolute atomic E-state index is 6.13. The van der Waals surface area contributed by atoms with Crippen LogP contribution >= 0.6 is 0 Å². The third-order valence-electron chi connectivity index (χ3n) is 5.33. The zero-order valence-corrected chi connectivity index (χ0v) is 15.3. The zero-order valence-electron chi connectivity index (χ0n) is 15.3. The molecule has 0 bridgehead atoms. The molecule has 25 heavy (non-hydrogen) atoms. The van der Waals surface area contributed by atoms with E-state index in [-0.39, 0.29) is 11.2 Å². The molecular formula is C19H22BN3O2. The molecule has 0 aromatic carbocycles. The van der Waals surface area contributed by atoms with Gasteiger partial charge >= 0.3 is 7.12 Å². The van der Waals surface area contributed by atoms with Crippen LogP contribution in [0.4, 0.5) is 0 Å². The molecule has 1 fully saturated rings. The van der Waals surface area contributed by atoms with Crippen molar-refractivity contribution in [2.75, 3.05) is 0 Å². The molecule has 4 heterocycles. The number of hydrogen-bond donors (Lipinski definition) is 1. The fourth-order valence-electron chi connectivity index (χ4n) is 3.06. The van der Waals surface area contributed by atoms with Crippen LogP contribution in [0, 0.1) is 6.92 Å². The maximum Gasteiger partial charge on any atom is 0.496 e. The Labute approximate surface area is 147 Å². The molecule has 1 aliphatic rings. The fourth-order valence-corrected chi connectivity index (χ4v) is 3.06. The van der Waals surface area contributed by atoms with E-state index in [0.29, 0.717) is 0 Å². The van der Waals surface area contributed by atoms with E-state index in [1.165, 1.54) is 0 Å². The van der Waals surface area contributed by atoms with Crippen LogP contribution < -0.4 is 5.46 Å². The van der Waals surface area contributed by atoms with E-state index in [2.05, 4.69) is 61.7 Å². The van der Waals surface area contributed by atoms with Crippen molar-refractivity contribution in [2.45, 2.75) is 45.8 Å². The summed E-state index contributed by atoms with van der Waals surface area (Å²) in [6.45, 7) is 10.3. The van der Waals surface area contributed by atoms with Gasteiger partial charge in [-0.25, -0.2) is 4.98 Å². The number of pyridine rings is 2. The molecule has 5 nitrogen and oxygen atoms in total. The third-order valence-corrected chi connectivity index (χ3v) is 5.33. The number of aryl methyl sites for hydroxylation is 1. The third kappa shape index (κ3) is 2.66. The van der Waals surface area contributed by atoms with Crippen LogP contribution in [-0.4, -0.2) is 33.3 Å². The second-order valence-electron chi connectivity index (χ2n) is 7.67. The Balaban J connectivity index is 1.71. The Morgan fingerprint density at radius 1 is 1.04 bits per heavy atom. The van der Waals surface area contributed by atoms with Crippen LogP contribution in [0.15, 0.2) is 36.8 Å². The van der Waals surface area contributed by atoms with E-state index < -0.39 is 7.12 Å². The first-order chi connectivity index (χ1) is 11.8. The number of rotatable bonds is 2. The van der Waals surface area contributed by atoms with E-state index in [9.17, 15) is 0 Å². The van der Waals surface area contributed by atoms with Gasteiger partial charge in [-0.05, 0) is 58.4 Å². The van der Waals surface area contributed by atoms with Crippen molar-refractivity contribution in [3.63, 3.8) is 0 Å². The first-order valence-corrected chi connectivity index (χ1v) is 8.52. The summed E-state index contributed by atoms with van der Waals surface area (Å²) in [5.41, 5.74) is 4.36. The lowest BCUT2D eigenvalue weighted by Crippen LogP contribution is -2.41. The highest BCUT2D eigenvalue weighted by atomic mass is 16.7. The van der Waals surface area contributed by atoms with Crippen molar-refractivity contribution in [1.82, 2.24) is 15.0 Å². The molecule has 0 atom stereocenters. The van der Waals surface area contributed by atoms with Gasteiger partial charge in [0, 0.05) is 40.7 Å². The number of aromatic amines is 1. The van der Waals surface area contributed by atoms with Crippen LogP contribution in [-0.2, 0) is 9.31 Å². The van der Waals surface area contributed by atoms with Gasteiger partial charge in [0.25, 0.3) is 0 Å². The summed E-state index contributed by atoms with van der Waals surface area (Å²) in [5.74, 6) is 0. The quantitative estimate of drug-likeness (QED) is 0.731. The largest absolute Gasteiger partial charge is 0.496 e. The normalized spacial score (nSPS) is 18.8. The lowest BCUT2D eigenvalue weighted by Gasteiger charge is -2.32. The number of nitrogens with zero attached hydrogens (tertiary/aromatic N) is 2. The van der Waals surface area contributed by atoms with Gasteiger partial charge in [0.2, 0.25) is 0 Å². The monoisotopic (exact) mass is 335 g/mol. The van der Waals surface area contributed by atoms with Gasteiger partial charge in [0.1, 0.15) is 5.65 Å². The summed E-state index contributed by atoms with van der Waals surface area (Å²) in [6.07, 6.45) is 5.49. The van der Waals surface area contributed by atoms with E-state index in [1.807, 2.05) is 18.5 Å². The van der Waals surface area contributed by atoms with Crippen molar-refractivity contribution in [3.05, 3.63) is 42.4 Å². The lowest BCUT2D eigenvalue weighted by molar-refractivity contribution is 0.00578. The highest BCUT2D eigenvalue weighted by Gasteiger charge is 2.51. The van der Waals surface area contributed by atoms with Crippen LogP contribution in [0.25, 0.3) is 22.3 Å². The van der Waals surface area contributed by atoms with Gasteiger partial charge in [-0.2, -0.15) is 0 Å². The standard InChI is InChI=1S/C19H22BN3O2/c1-12-10-21-7-6-15(12)16-9-13-8-14(11-22-17(13)23-16)20-24-18(2,3)19(4,5)25-20/h6-11H,1-5H3,(H,22,23). The second kappa shape index (κ2) is 5.41. The number of fused-ring (bicyclic) bond motifs is 1. The number of H-pyrrole nitrogens is 1. The van der Waals surface area contributed by atoms with E-state index in [0.717, 1.165) is 33.3 Å². The van der Waals surface area contributed by atoms with E-state index in [1.54, 1.807) is 6.20 Å². The van der Waals surface area contributed by atoms with E-state index >= 15 is 0 Å². The molecule has 0 spiro atoms. The van der Waals surface area contributed by atoms with Crippen molar-refractivity contribution < 1.29 is 9.31 Å². The first kappa shape index (κ1) is 16.3.